The molecule has 13 heavy (non-hydrogen) atoms. The van der Waals surface area contributed by atoms with Crippen LogP contribution in [0, 0.1) is 0 Å². The molecule has 1 aromatic carbocycles. The maximum atomic E-state index is 9.47. The molecular formula is C9H11BrO3. The lowest BCUT2D eigenvalue weighted by Gasteiger charge is -2.10. The molecular weight excluding hydrogens is 236 g/mol. The summed E-state index contributed by atoms with van der Waals surface area (Å²) in [6.45, 7) is 0. The van der Waals surface area contributed by atoms with Gasteiger partial charge in [-0.15, -0.1) is 0 Å². The predicted molar refractivity (Wildman–Crippen MR) is 53.4 cm³/mol. The minimum Gasteiger partial charge on any atom is -0.508 e. The highest BCUT2D eigenvalue weighted by molar-refractivity contribution is 9.09. The van der Waals surface area contributed by atoms with E-state index < -0.39 is 6.10 Å². The number of benzene rings is 1. The van der Waals surface area contributed by atoms with Gasteiger partial charge in [0.1, 0.15) is 11.5 Å². The maximum Gasteiger partial charge on any atom is 0.121 e. The fourth-order valence-corrected chi connectivity index (χ4v) is 1.36. The third kappa shape index (κ3) is 2.35. The van der Waals surface area contributed by atoms with Crippen molar-refractivity contribution in [3.8, 4) is 11.5 Å². The highest BCUT2D eigenvalue weighted by Crippen LogP contribution is 2.29. The first-order chi connectivity index (χ1) is 6.19. The molecule has 0 radical (unpaired) electrons. The van der Waals surface area contributed by atoms with Crippen LogP contribution in [-0.2, 0) is 0 Å². The summed E-state index contributed by atoms with van der Waals surface area (Å²) in [5.74, 6) is 0.695. The van der Waals surface area contributed by atoms with E-state index in [2.05, 4.69) is 15.9 Å². The summed E-state index contributed by atoms with van der Waals surface area (Å²) in [5, 5.41) is 19.2. The second-order valence-corrected chi connectivity index (χ2v) is 3.24. The number of aliphatic hydroxyl groups excluding tert-OH is 1. The summed E-state index contributed by atoms with van der Waals surface area (Å²) in [7, 11) is 1.54. The number of rotatable bonds is 3. The number of methoxy groups -OCH3 is 1. The van der Waals surface area contributed by atoms with Gasteiger partial charge >= 0.3 is 0 Å². The van der Waals surface area contributed by atoms with E-state index in [0.29, 0.717) is 16.6 Å². The van der Waals surface area contributed by atoms with Gasteiger partial charge in [-0.3, -0.25) is 0 Å². The lowest BCUT2D eigenvalue weighted by molar-refractivity contribution is 0.200. The van der Waals surface area contributed by atoms with Crippen LogP contribution in [0.3, 0.4) is 0 Å². The zero-order valence-corrected chi connectivity index (χ0v) is 8.78. The van der Waals surface area contributed by atoms with Gasteiger partial charge in [0, 0.05) is 10.9 Å². The molecule has 0 aromatic heterocycles. The van der Waals surface area contributed by atoms with Crippen LogP contribution in [-0.4, -0.2) is 22.7 Å². The van der Waals surface area contributed by atoms with E-state index in [0.717, 1.165) is 0 Å². The number of hydrogen-bond acceptors (Lipinski definition) is 3. The van der Waals surface area contributed by atoms with Gasteiger partial charge in [0.2, 0.25) is 0 Å². The van der Waals surface area contributed by atoms with Gasteiger partial charge in [-0.2, -0.15) is 0 Å². The monoisotopic (exact) mass is 246 g/mol. The molecule has 72 valence electrons. The maximum absolute atomic E-state index is 9.47. The van der Waals surface area contributed by atoms with E-state index in [4.69, 9.17) is 4.74 Å². The first-order valence-electron chi connectivity index (χ1n) is 3.80. The minimum absolute atomic E-state index is 0.0766. The van der Waals surface area contributed by atoms with Gasteiger partial charge < -0.3 is 14.9 Å². The molecule has 1 unspecified atom stereocenters. The zero-order chi connectivity index (χ0) is 9.84. The number of phenolic OH excluding ortho intramolecular Hbond substituents is 1. The van der Waals surface area contributed by atoms with Crippen molar-refractivity contribution in [3.05, 3.63) is 23.8 Å². The minimum atomic E-state index is -0.713. The Morgan fingerprint density at radius 1 is 1.54 bits per heavy atom. The van der Waals surface area contributed by atoms with Gasteiger partial charge in [-0.1, -0.05) is 15.9 Å². The van der Waals surface area contributed by atoms with E-state index in [-0.39, 0.29) is 5.75 Å². The quantitative estimate of drug-likeness (QED) is 0.801. The van der Waals surface area contributed by atoms with E-state index in [1.54, 1.807) is 12.1 Å². The van der Waals surface area contributed by atoms with Crippen molar-refractivity contribution in [2.45, 2.75) is 6.10 Å². The predicted octanol–water partition coefficient (Wildman–Crippen LogP) is 1.83. The van der Waals surface area contributed by atoms with Crippen molar-refractivity contribution in [3.63, 3.8) is 0 Å². The summed E-state index contributed by atoms with van der Waals surface area (Å²) in [6, 6.07) is 4.75. The third-order valence-corrected chi connectivity index (χ3v) is 2.35. The molecule has 1 aromatic rings. The van der Waals surface area contributed by atoms with E-state index >= 15 is 0 Å². The van der Waals surface area contributed by atoms with Crippen LogP contribution in [0.2, 0.25) is 0 Å². The SMILES string of the molecule is COc1ccc(O)c(C(O)CBr)c1. The molecule has 4 heteroatoms. The van der Waals surface area contributed by atoms with Gasteiger partial charge in [0.25, 0.3) is 0 Å². The van der Waals surface area contributed by atoms with Crippen molar-refractivity contribution in [1.29, 1.82) is 0 Å². The lowest BCUT2D eigenvalue weighted by Crippen LogP contribution is -1.99. The summed E-state index contributed by atoms with van der Waals surface area (Å²) in [4.78, 5) is 0. The Morgan fingerprint density at radius 2 is 2.23 bits per heavy atom. The molecule has 1 rings (SSSR count). The van der Waals surface area contributed by atoms with E-state index in [1.165, 1.54) is 13.2 Å². The molecule has 0 aliphatic rings. The van der Waals surface area contributed by atoms with E-state index in [9.17, 15) is 10.2 Å². The third-order valence-electron chi connectivity index (χ3n) is 1.74. The topological polar surface area (TPSA) is 49.7 Å². The van der Waals surface area contributed by atoms with Crippen LogP contribution < -0.4 is 4.74 Å². The number of ether oxygens (including phenoxy) is 1. The van der Waals surface area contributed by atoms with Gasteiger partial charge in [-0.05, 0) is 18.2 Å². The molecule has 0 fully saturated rings. The van der Waals surface area contributed by atoms with Crippen molar-refractivity contribution in [2.24, 2.45) is 0 Å². The van der Waals surface area contributed by atoms with Crippen molar-refractivity contribution in [2.75, 3.05) is 12.4 Å². The number of phenols is 1. The highest BCUT2D eigenvalue weighted by atomic mass is 79.9. The number of alkyl halides is 1. The van der Waals surface area contributed by atoms with Crippen molar-refractivity contribution >= 4 is 15.9 Å². The first kappa shape index (κ1) is 10.3. The largest absolute Gasteiger partial charge is 0.508 e. The standard InChI is InChI=1S/C9H11BrO3/c1-13-6-2-3-8(11)7(4-6)9(12)5-10/h2-4,9,11-12H,5H2,1H3. The second-order valence-electron chi connectivity index (χ2n) is 2.59. The normalized spacial score (nSPS) is 12.5. The second kappa shape index (κ2) is 4.48. The number of aliphatic hydroxyl groups is 1. The van der Waals surface area contributed by atoms with Crippen LogP contribution in [0.15, 0.2) is 18.2 Å². The Kier molecular flexibility index (Phi) is 3.57. The van der Waals surface area contributed by atoms with Gasteiger partial charge in [0.05, 0.1) is 13.2 Å². The smallest absolute Gasteiger partial charge is 0.121 e. The molecule has 0 amide bonds. The van der Waals surface area contributed by atoms with Crippen molar-refractivity contribution < 1.29 is 14.9 Å². The molecule has 2 N–H and O–H groups in total. The average molecular weight is 247 g/mol. The number of hydrogen-bond donors (Lipinski definition) is 2. The molecule has 3 nitrogen and oxygen atoms in total. The fraction of sp³-hybridized carbons (Fsp3) is 0.333. The first-order valence-corrected chi connectivity index (χ1v) is 4.92. The summed E-state index contributed by atoms with van der Waals surface area (Å²) in [6.07, 6.45) is -0.713. The van der Waals surface area contributed by atoms with Gasteiger partial charge in [-0.25, -0.2) is 0 Å². The molecule has 0 aliphatic carbocycles. The Morgan fingerprint density at radius 3 is 2.77 bits per heavy atom. The molecule has 0 heterocycles. The summed E-state index contributed by atoms with van der Waals surface area (Å²) >= 11 is 3.13. The van der Waals surface area contributed by atoms with Gasteiger partial charge in [0.15, 0.2) is 0 Å². The summed E-state index contributed by atoms with van der Waals surface area (Å²) < 4.78 is 4.97. The Balaban J connectivity index is 3.03. The Hall–Kier alpha value is -0.740. The molecule has 0 aliphatic heterocycles. The highest BCUT2D eigenvalue weighted by Gasteiger charge is 2.11. The lowest BCUT2D eigenvalue weighted by atomic mass is 10.1. The van der Waals surface area contributed by atoms with Crippen LogP contribution in [0.1, 0.15) is 11.7 Å². The van der Waals surface area contributed by atoms with Crippen LogP contribution in [0.5, 0.6) is 11.5 Å². The summed E-state index contributed by atoms with van der Waals surface area (Å²) in [5.41, 5.74) is 0.469. The average Bonchev–Trinajstić information content (AvgIpc) is 2.17. The van der Waals surface area contributed by atoms with Crippen LogP contribution in [0.25, 0.3) is 0 Å². The van der Waals surface area contributed by atoms with Crippen LogP contribution in [0.4, 0.5) is 0 Å². The zero-order valence-electron chi connectivity index (χ0n) is 7.20. The number of aromatic hydroxyl groups is 1. The Labute approximate surface area is 85.1 Å². The Bertz CT molecular complexity index is 288. The molecule has 0 saturated heterocycles. The molecule has 0 bridgehead atoms. The molecule has 1 atom stereocenters. The fourth-order valence-electron chi connectivity index (χ4n) is 1.01. The van der Waals surface area contributed by atoms with Crippen molar-refractivity contribution in [1.82, 2.24) is 0 Å². The molecule has 0 saturated carbocycles. The van der Waals surface area contributed by atoms with E-state index in [1.807, 2.05) is 0 Å². The molecule has 0 spiro atoms. The van der Waals surface area contributed by atoms with Crippen LogP contribution >= 0.6 is 15.9 Å². The number of halogens is 1.